The van der Waals surface area contributed by atoms with Gasteiger partial charge < -0.3 is 15.2 Å². The van der Waals surface area contributed by atoms with Crippen LogP contribution in [0.2, 0.25) is 5.02 Å². The largest absolute Gasteiger partial charge is 0.396 e. The monoisotopic (exact) mass is 483 g/mol. The Bertz CT molecular complexity index is 1170. The minimum Gasteiger partial charge on any atom is -0.396 e. The van der Waals surface area contributed by atoms with Gasteiger partial charge in [0.1, 0.15) is 18.2 Å². The summed E-state index contributed by atoms with van der Waals surface area (Å²) in [5.74, 6) is 1.15. The second-order valence-electron chi connectivity index (χ2n) is 8.94. The van der Waals surface area contributed by atoms with Gasteiger partial charge in [0.15, 0.2) is 0 Å². The van der Waals surface area contributed by atoms with Crippen LogP contribution in [0.4, 0.5) is 5.82 Å². The lowest BCUT2D eigenvalue weighted by Crippen LogP contribution is -2.20. The molecule has 6 nitrogen and oxygen atoms in total. The standard InChI is InChI=1S/C25H26ClN3O3S/c1-14-6-19(8-16(14)11-30)29-25-21(10-27-13-28-25)23(31)22-9-17(12-33-22)24-20-3-2-18(26)7-15(20)4-5-32-24/h2-3,7,9-10,12-14,16,19,24,30H,4-6,8,11H2,1H3,(H,27,28,29)/t14-,16+,19-,24?/m0/s1. The van der Waals surface area contributed by atoms with Gasteiger partial charge in [-0.2, -0.15) is 0 Å². The van der Waals surface area contributed by atoms with Crippen LogP contribution in [0.5, 0.6) is 0 Å². The fourth-order valence-electron chi connectivity index (χ4n) is 4.95. The van der Waals surface area contributed by atoms with Crippen LogP contribution >= 0.6 is 22.9 Å². The Kier molecular flexibility index (Phi) is 6.47. The van der Waals surface area contributed by atoms with E-state index in [0.29, 0.717) is 28.8 Å². The van der Waals surface area contributed by atoms with Gasteiger partial charge in [0.05, 0.1) is 17.0 Å². The first-order valence-corrected chi connectivity index (χ1v) is 12.5. The summed E-state index contributed by atoms with van der Waals surface area (Å²) in [6.45, 7) is 2.96. The summed E-state index contributed by atoms with van der Waals surface area (Å²) < 4.78 is 6.07. The van der Waals surface area contributed by atoms with E-state index >= 15 is 0 Å². The first kappa shape index (κ1) is 22.5. The van der Waals surface area contributed by atoms with Crippen molar-refractivity contribution < 1.29 is 14.6 Å². The molecule has 33 heavy (non-hydrogen) atoms. The number of ether oxygens (including phenoxy) is 1. The Hall–Kier alpha value is -2.32. The molecule has 2 aliphatic rings. The predicted octanol–water partition coefficient (Wildman–Crippen LogP) is 4.90. The lowest BCUT2D eigenvalue weighted by Gasteiger charge is -2.25. The molecule has 5 rings (SSSR count). The Labute approximate surface area is 202 Å². The van der Waals surface area contributed by atoms with Gasteiger partial charge in [-0.25, -0.2) is 9.97 Å². The average molecular weight is 484 g/mol. The molecule has 1 unspecified atom stereocenters. The molecule has 0 radical (unpaired) electrons. The number of fused-ring (bicyclic) bond motifs is 1. The van der Waals surface area contributed by atoms with Gasteiger partial charge in [-0.1, -0.05) is 24.6 Å². The van der Waals surface area contributed by atoms with Crippen molar-refractivity contribution in [1.82, 2.24) is 9.97 Å². The van der Waals surface area contributed by atoms with Gasteiger partial charge >= 0.3 is 0 Å². The zero-order valence-electron chi connectivity index (χ0n) is 18.3. The van der Waals surface area contributed by atoms with E-state index in [1.54, 1.807) is 6.20 Å². The van der Waals surface area contributed by atoms with Crippen LogP contribution < -0.4 is 5.32 Å². The maximum absolute atomic E-state index is 13.4. The third-order valence-electron chi connectivity index (χ3n) is 6.77. The molecular formula is C25H26ClN3O3S. The van der Waals surface area contributed by atoms with Crippen molar-refractivity contribution in [3.63, 3.8) is 0 Å². The average Bonchev–Trinajstić information content (AvgIpc) is 3.45. The molecule has 1 saturated carbocycles. The van der Waals surface area contributed by atoms with Gasteiger partial charge in [-0.3, -0.25) is 4.79 Å². The van der Waals surface area contributed by atoms with Crippen LogP contribution in [-0.4, -0.2) is 40.1 Å². The van der Waals surface area contributed by atoms with Crippen LogP contribution in [0, 0.1) is 11.8 Å². The number of aliphatic hydroxyl groups is 1. The highest BCUT2D eigenvalue weighted by atomic mass is 35.5. The lowest BCUT2D eigenvalue weighted by atomic mass is 9.94. The fraction of sp³-hybridized carbons (Fsp3) is 0.400. The van der Waals surface area contributed by atoms with Gasteiger partial charge in [-0.05, 0) is 71.4 Å². The predicted molar refractivity (Wildman–Crippen MR) is 129 cm³/mol. The van der Waals surface area contributed by atoms with E-state index in [-0.39, 0.29) is 30.5 Å². The minimum atomic E-state index is -0.205. The van der Waals surface area contributed by atoms with Crippen LogP contribution in [0.25, 0.3) is 0 Å². The van der Waals surface area contributed by atoms with Gasteiger partial charge in [-0.15, -0.1) is 11.3 Å². The maximum atomic E-state index is 13.4. The second kappa shape index (κ2) is 9.50. The first-order valence-electron chi connectivity index (χ1n) is 11.2. The van der Waals surface area contributed by atoms with E-state index in [1.165, 1.54) is 23.2 Å². The van der Waals surface area contributed by atoms with Crippen molar-refractivity contribution in [3.8, 4) is 0 Å². The van der Waals surface area contributed by atoms with E-state index in [0.717, 1.165) is 35.4 Å². The number of rotatable bonds is 6. The van der Waals surface area contributed by atoms with Crippen molar-refractivity contribution >= 4 is 34.5 Å². The number of aromatic nitrogens is 2. The zero-order valence-corrected chi connectivity index (χ0v) is 19.9. The number of anilines is 1. The zero-order chi connectivity index (χ0) is 22.9. The van der Waals surface area contributed by atoms with Crippen molar-refractivity contribution in [3.05, 3.63) is 74.3 Å². The van der Waals surface area contributed by atoms with Crippen molar-refractivity contribution in [1.29, 1.82) is 0 Å². The molecule has 0 spiro atoms. The molecule has 0 saturated heterocycles. The molecule has 3 aromatic rings. The Morgan fingerprint density at radius 3 is 3.03 bits per heavy atom. The summed E-state index contributed by atoms with van der Waals surface area (Å²) in [5, 5.41) is 15.7. The number of nitrogens with zero attached hydrogens (tertiary/aromatic N) is 2. The van der Waals surface area contributed by atoms with E-state index in [1.807, 2.05) is 29.6 Å². The fourth-order valence-corrected chi connectivity index (χ4v) is 6.02. The summed E-state index contributed by atoms with van der Waals surface area (Å²) in [6.07, 6.45) is 5.46. The Morgan fingerprint density at radius 1 is 1.33 bits per heavy atom. The molecule has 3 heterocycles. The number of carbonyl (C=O) groups excluding carboxylic acids is 1. The highest BCUT2D eigenvalue weighted by Gasteiger charge is 2.32. The molecule has 2 N–H and O–H groups in total. The molecular weight excluding hydrogens is 458 g/mol. The molecule has 1 aliphatic heterocycles. The number of hydrogen-bond acceptors (Lipinski definition) is 7. The third-order valence-corrected chi connectivity index (χ3v) is 7.95. The molecule has 4 atom stereocenters. The third kappa shape index (κ3) is 4.55. The van der Waals surface area contributed by atoms with Crippen LogP contribution in [0.15, 0.2) is 42.2 Å². The van der Waals surface area contributed by atoms with Gasteiger partial charge in [0.2, 0.25) is 5.78 Å². The van der Waals surface area contributed by atoms with E-state index in [9.17, 15) is 9.90 Å². The Morgan fingerprint density at radius 2 is 2.21 bits per heavy atom. The normalized spacial score (nSPS) is 24.5. The molecule has 2 aromatic heterocycles. The van der Waals surface area contributed by atoms with Gasteiger partial charge in [0.25, 0.3) is 0 Å². The van der Waals surface area contributed by atoms with E-state index < -0.39 is 0 Å². The van der Waals surface area contributed by atoms with Crippen LogP contribution in [-0.2, 0) is 11.2 Å². The number of nitrogens with one attached hydrogen (secondary N) is 1. The summed E-state index contributed by atoms with van der Waals surface area (Å²) >= 11 is 7.58. The number of aliphatic hydroxyl groups excluding tert-OH is 1. The number of benzene rings is 1. The van der Waals surface area contributed by atoms with Crippen molar-refractivity contribution in [2.24, 2.45) is 11.8 Å². The summed E-state index contributed by atoms with van der Waals surface area (Å²) in [6, 6.07) is 7.98. The van der Waals surface area contributed by atoms with E-state index in [4.69, 9.17) is 16.3 Å². The topological polar surface area (TPSA) is 84.3 Å². The summed E-state index contributed by atoms with van der Waals surface area (Å²) in [7, 11) is 0. The SMILES string of the molecule is C[C@H]1C[C@H](Nc2ncncc2C(=O)c2cc(C3OCCc4cc(Cl)ccc43)cs2)C[C@@H]1CO. The molecule has 172 valence electrons. The highest BCUT2D eigenvalue weighted by Crippen LogP contribution is 2.37. The van der Waals surface area contributed by atoms with Crippen molar-refractivity contribution in [2.45, 2.75) is 38.3 Å². The number of hydrogen-bond donors (Lipinski definition) is 2. The number of ketones is 1. The molecule has 1 aromatic carbocycles. The first-order chi connectivity index (χ1) is 16.0. The van der Waals surface area contributed by atoms with Crippen molar-refractivity contribution in [2.75, 3.05) is 18.5 Å². The second-order valence-corrected chi connectivity index (χ2v) is 10.3. The molecule has 1 fully saturated rings. The number of thiophene rings is 1. The van der Waals surface area contributed by atoms with Gasteiger partial charge in [0, 0.05) is 23.9 Å². The number of halogens is 1. The lowest BCUT2D eigenvalue weighted by molar-refractivity contribution is 0.0701. The smallest absolute Gasteiger partial charge is 0.208 e. The van der Waals surface area contributed by atoms with Crippen LogP contribution in [0.1, 0.15) is 57.8 Å². The summed E-state index contributed by atoms with van der Waals surface area (Å²) in [4.78, 5) is 22.5. The number of carbonyl (C=O) groups is 1. The molecule has 0 bridgehead atoms. The van der Waals surface area contributed by atoms with E-state index in [2.05, 4.69) is 22.2 Å². The minimum absolute atomic E-state index is 0.105. The quantitative estimate of drug-likeness (QED) is 0.485. The maximum Gasteiger partial charge on any atom is 0.208 e. The van der Waals surface area contributed by atoms with Crippen LogP contribution in [0.3, 0.4) is 0 Å². The molecule has 1 aliphatic carbocycles. The Balaban J connectivity index is 1.37. The molecule has 0 amide bonds. The highest BCUT2D eigenvalue weighted by molar-refractivity contribution is 7.12. The molecule has 8 heteroatoms. The summed E-state index contributed by atoms with van der Waals surface area (Å²) in [5.41, 5.74) is 3.71.